The van der Waals surface area contributed by atoms with Crippen molar-refractivity contribution in [2.24, 2.45) is 7.05 Å². The first-order valence-electron chi connectivity index (χ1n) is 4.65. The molecule has 0 amide bonds. The monoisotopic (exact) mass is 234 g/mol. The Balaban J connectivity index is 2.34. The highest BCUT2D eigenvalue weighted by Crippen LogP contribution is 2.25. The molecule has 0 aliphatic heterocycles. The molecule has 0 spiro atoms. The highest BCUT2D eigenvalue weighted by molar-refractivity contribution is 7.99. The molecule has 1 aromatic carbocycles. The molecule has 5 heteroatoms. The van der Waals surface area contributed by atoms with Gasteiger partial charge in [-0.25, -0.2) is 4.98 Å². The van der Waals surface area contributed by atoms with Gasteiger partial charge in [-0.2, -0.15) is 0 Å². The summed E-state index contributed by atoms with van der Waals surface area (Å²) >= 11 is 1.24. The third-order valence-electron chi connectivity index (χ3n) is 2.02. The first kappa shape index (κ1) is 10.8. The lowest BCUT2D eigenvalue weighted by molar-refractivity contribution is 0.474. The standard InChI is InChI=1S/C11H10N2O2S/c1-13-6-5-12-10(11(13)15)16-9-4-2-3-8(14)7-9/h2-7,14H,1H3. The van der Waals surface area contributed by atoms with Crippen molar-refractivity contribution in [2.75, 3.05) is 0 Å². The molecule has 0 bridgehead atoms. The van der Waals surface area contributed by atoms with E-state index in [9.17, 15) is 9.90 Å². The van der Waals surface area contributed by atoms with E-state index in [1.165, 1.54) is 16.3 Å². The van der Waals surface area contributed by atoms with E-state index >= 15 is 0 Å². The molecule has 16 heavy (non-hydrogen) atoms. The SMILES string of the molecule is Cn1ccnc(Sc2cccc(O)c2)c1=O. The van der Waals surface area contributed by atoms with Gasteiger partial charge in [-0.1, -0.05) is 17.8 Å². The lowest BCUT2D eigenvalue weighted by atomic mass is 10.3. The van der Waals surface area contributed by atoms with Gasteiger partial charge in [0, 0.05) is 24.3 Å². The summed E-state index contributed by atoms with van der Waals surface area (Å²) < 4.78 is 1.47. The Morgan fingerprint density at radius 1 is 1.44 bits per heavy atom. The number of aromatic hydroxyl groups is 1. The summed E-state index contributed by atoms with van der Waals surface area (Å²) in [6.45, 7) is 0. The molecular formula is C11H10N2O2S. The van der Waals surface area contributed by atoms with Crippen molar-refractivity contribution in [3.05, 3.63) is 47.0 Å². The van der Waals surface area contributed by atoms with Crippen LogP contribution in [-0.2, 0) is 7.05 Å². The molecule has 1 heterocycles. The zero-order chi connectivity index (χ0) is 11.5. The summed E-state index contributed by atoms with van der Waals surface area (Å²) in [5, 5.41) is 9.70. The Morgan fingerprint density at radius 3 is 3.00 bits per heavy atom. The molecule has 0 fully saturated rings. The van der Waals surface area contributed by atoms with Gasteiger partial charge in [0.25, 0.3) is 5.56 Å². The number of phenols is 1. The summed E-state index contributed by atoms with van der Waals surface area (Å²) in [6, 6.07) is 6.73. The van der Waals surface area contributed by atoms with Crippen molar-refractivity contribution in [1.82, 2.24) is 9.55 Å². The van der Waals surface area contributed by atoms with Crippen LogP contribution >= 0.6 is 11.8 Å². The molecule has 0 saturated carbocycles. The Hall–Kier alpha value is -1.75. The number of nitrogens with zero attached hydrogens (tertiary/aromatic N) is 2. The van der Waals surface area contributed by atoms with Gasteiger partial charge in [-0.15, -0.1) is 0 Å². The fraction of sp³-hybridized carbons (Fsp3) is 0.0909. The van der Waals surface area contributed by atoms with Crippen molar-refractivity contribution in [2.45, 2.75) is 9.92 Å². The van der Waals surface area contributed by atoms with Gasteiger partial charge in [0.05, 0.1) is 0 Å². The molecule has 2 aromatic rings. The highest BCUT2D eigenvalue weighted by atomic mass is 32.2. The van der Waals surface area contributed by atoms with Gasteiger partial charge >= 0.3 is 0 Å². The minimum absolute atomic E-state index is 0.143. The van der Waals surface area contributed by atoms with Crippen LogP contribution in [0, 0.1) is 0 Å². The quantitative estimate of drug-likeness (QED) is 0.858. The maximum atomic E-state index is 11.7. The fourth-order valence-corrected chi connectivity index (χ4v) is 2.10. The first-order chi connectivity index (χ1) is 7.66. The van der Waals surface area contributed by atoms with Crippen molar-refractivity contribution in [3.8, 4) is 5.75 Å². The Bertz CT molecular complexity index is 566. The Kier molecular flexibility index (Phi) is 2.96. The molecule has 0 unspecified atom stereocenters. The molecule has 0 aliphatic carbocycles. The largest absolute Gasteiger partial charge is 0.508 e. The van der Waals surface area contributed by atoms with Gasteiger partial charge < -0.3 is 9.67 Å². The number of rotatable bonds is 2. The fourth-order valence-electron chi connectivity index (χ4n) is 1.20. The minimum Gasteiger partial charge on any atom is -0.508 e. The number of aromatic nitrogens is 2. The van der Waals surface area contributed by atoms with Crippen LogP contribution in [0.25, 0.3) is 0 Å². The van der Waals surface area contributed by atoms with Gasteiger partial charge in [0.1, 0.15) is 5.75 Å². The van der Waals surface area contributed by atoms with E-state index in [1.54, 1.807) is 37.6 Å². The number of aryl methyl sites for hydroxylation is 1. The summed E-state index contributed by atoms with van der Waals surface area (Å²) in [6.07, 6.45) is 3.18. The molecule has 1 N–H and O–H groups in total. The van der Waals surface area contributed by atoms with Gasteiger partial charge in [0.15, 0.2) is 5.03 Å². The maximum absolute atomic E-state index is 11.7. The van der Waals surface area contributed by atoms with Crippen LogP contribution in [0.2, 0.25) is 0 Å². The predicted octanol–water partition coefficient (Wildman–Crippen LogP) is 1.64. The molecular weight excluding hydrogens is 224 g/mol. The van der Waals surface area contributed by atoms with Crippen LogP contribution in [-0.4, -0.2) is 14.7 Å². The molecule has 82 valence electrons. The molecule has 2 rings (SSSR count). The molecule has 4 nitrogen and oxygen atoms in total. The van der Waals surface area contributed by atoms with E-state index < -0.39 is 0 Å². The molecule has 0 aliphatic rings. The third-order valence-corrected chi connectivity index (χ3v) is 2.98. The molecule has 1 aromatic heterocycles. The summed E-state index contributed by atoms with van der Waals surface area (Å²) in [4.78, 5) is 16.5. The van der Waals surface area contributed by atoms with Crippen LogP contribution < -0.4 is 5.56 Å². The average Bonchev–Trinajstić information content (AvgIpc) is 2.25. The number of hydrogen-bond acceptors (Lipinski definition) is 4. The van der Waals surface area contributed by atoms with Crippen LogP contribution in [0.4, 0.5) is 0 Å². The lowest BCUT2D eigenvalue weighted by Crippen LogP contribution is -2.18. The highest BCUT2D eigenvalue weighted by Gasteiger charge is 2.05. The predicted molar refractivity (Wildman–Crippen MR) is 61.7 cm³/mol. The second kappa shape index (κ2) is 4.40. The smallest absolute Gasteiger partial charge is 0.283 e. The molecule has 0 saturated heterocycles. The van der Waals surface area contributed by atoms with E-state index in [4.69, 9.17) is 0 Å². The van der Waals surface area contributed by atoms with Crippen LogP contribution in [0.1, 0.15) is 0 Å². The van der Waals surface area contributed by atoms with Crippen molar-refractivity contribution in [3.63, 3.8) is 0 Å². The Labute approximate surface area is 96.6 Å². The van der Waals surface area contributed by atoms with E-state index in [-0.39, 0.29) is 11.3 Å². The summed E-state index contributed by atoms with van der Waals surface area (Å²) in [5.74, 6) is 0.178. The number of phenolic OH excluding ortho intramolecular Hbond substituents is 1. The van der Waals surface area contributed by atoms with Gasteiger partial charge in [-0.05, 0) is 18.2 Å². The number of benzene rings is 1. The summed E-state index contributed by atoms with van der Waals surface area (Å²) in [7, 11) is 1.68. The molecule has 0 radical (unpaired) electrons. The normalized spacial score (nSPS) is 10.3. The first-order valence-corrected chi connectivity index (χ1v) is 5.47. The van der Waals surface area contributed by atoms with E-state index in [2.05, 4.69) is 4.98 Å². The van der Waals surface area contributed by atoms with E-state index in [0.717, 1.165) is 4.90 Å². The third kappa shape index (κ3) is 2.25. The lowest BCUT2D eigenvalue weighted by Gasteiger charge is -2.02. The molecule has 0 atom stereocenters. The van der Waals surface area contributed by atoms with Crippen molar-refractivity contribution < 1.29 is 5.11 Å². The van der Waals surface area contributed by atoms with E-state index in [0.29, 0.717) is 5.03 Å². The van der Waals surface area contributed by atoms with Crippen LogP contribution in [0.3, 0.4) is 0 Å². The van der Waals surface area contributed by atoms with Crippen molar-refractivity contribution in [1.29, 1.82) is 0 Å². The topological polar surface area (TPSA) is 55.1 Å². The zero-order valence-electron chi connectivity index (χ0n) is 8.62. The van der Waals surface area contributed by atoms with Gasteiger partial charge in [0.2, 0.25) is 0 Å². The van der Waals surface area contributed by atoms with Crippen LogP contribution in [0.5, 0.6) is 5.75 Å². The van der Waals surface area contributed by atoms with Crippen LogP contribution in [0.15, 0.2) is 51.4 Å². The van der Waals surface area contributed by atoms with Crippen molar-refractivity contribution >= 4 is 11.8 Å². The minimum atomic E-state index is -0.143. The average molecular weight is 234 g/mol. The number of hydrogen-bond donors (Lipinski definition) is 1. The zero-order valence-corrected chi connectivity index (χ0v) is 9.44. The maximum Gasteiger partial charge on any atom is 0.283 e. The van der Waals surface area contributed by atoms with E-state index in [1.807, 2.05) is 6.07 Å². The Morgan fingerprint density at radius 2 is 2.25 bits per heavy atom. The van der Waals surface area contributed by atoms with Gasteiger partial charge in [-0.3, -0.25) is 4.79 Å². The summed E-state index contributed by atoms with van der Waals surface area (Å²) in [5.41, 5.74) is -0.143. The second-order valence-corrected chi connectivity index (χ2v) is 4.31. The second-order valence-electron chi connectivity index (χ2n) is 3.25.